The minimum Gasteiger partial charge on any atom is -0.382 e. The van der Waals surface area contributed by atoms with Crippen LogP contribution in [0.3, 0.4) is 0 Å². The lowest BCUT2D eigenvalue weighted by Gasteiger charge is -2.03. The van der Waals surface area contributed by atoms with Gasteiger partial charge in [-0.3, -0.25) is 0 Å². The molecule has 0 atom stereocenters. The third kappa shape index (κ3) is 4.01. The average Bonchev–Trinajstić information content (AvgIpc) is 2.13. The van der Waals surface area contributed by atoms with Crippen molar-refractivity contribution in [1.82, 2.24) is 0 Å². The molecular formula is C10H13FO2. The molecule has 0 aromatic heterocycles. The molecule has 0 saturated heterocycles. The maximum atomic E-state index is 12.7. The van der Waals surface area contributed by atoms with Gasteiger partial charge in [0.2, 0.25) is 0 Å². The van der Waals surface area contributed by atoms with Gasteiger partial charge in [-0.1, -0.05) is 12.1 Å². The lowest BCUT2D eigenvalue weighted by molar-refractivity contribution is 0.0615. The summed E-state index contributed by atoms with van der Waals surface area (Å²) in [5, 5.41) is 0. The van der Waals surface area contributed by atoms with Gasteiger partial charge in [0.25, 0.3) is 0 Å². The Morgan fingerprint density at radius 2 is 2.15 bits per heavy atom. The van der Waals surface area contributed by atoms with E-state index in [0.29, 0.717) is 19.8 Å². The summed E-state index contributed by atoms with van der Waals surface area (Å²) in [5.41, 5.74) is 0.844. The number of hydrogen-bond acceptors (Lipinski definition) is 2. The Kier molecular flexibility index (Phi) is 4.43. The lowest BCUT2D eigenvalue weighted by Crippen LogP contribution is -2.01. The average molecular weight is 184 g/mol. The Labute approximate surface area is 77.3 Å². The summed E-state index contributed by atoms with van der Waals surface area (Å²) >= 11 is 0. The fourth-order valence-corrected chi connectivity index (χ4v) is 0.959. The number of rotatable bonds is 5. The summed E-state index contributed by atoms with van der Waals surface area (Å²) < 4.78 is 22.7. The Balaban J connectivity index is 2.28. The summed E-state index contributed by atoms with van der Waals surface area (Å²) in [6.45, 7) is 1.53. The van der Waals surface area contributed by atoms with Gasteiger partial charge in [-0.25, -0.2) is 4.39 Å². The van der Waals surface area contributed by atoms with Gasteiger partial charge >= 0.3 is 0 Å². The van der Waals surface area contributed by atoms with Crippen LogP contribution in [-0.4, -0.2) is 20.3 Å². The van der Waals surface area contributed by atoms with Crippen LogP contribution in [0, 0.1) is 5.82 Å². The van der Waals surface area contributed by atoms with Gasteiger partial charge < -0.3 is 9.47 Å². The standard InChI is InChI=1S/C10H13FO2/c1-12-5-6-13-8-9-3-2-4-10(11)7-9/h2-4,7H,5-6,8H2,1H3. The zero-order chi connectivity index (χ0) is 9.52. The van der Waals surface area contributed by atoms with E-state index in [1.807, 2.05) is 6.07 Å². The molecule has 72 valence electrons. The Morgan fingerprint density at radius 1 is 1.31 bits per heavy atom. The molecule has 1 aromatic carbocycles. The first-order valence-electron chi connectivity index (χ1n) is 4.14. The zero-order valence-electron chi connectivity index (χ0n) is 7.63. The second-order valence-corrected chi connectivity index (χ2v) is 2.68. The number of ether oxygens (including phenoxy) is 2. The van der Waals surface area contributed by atoms with Gasteiger partial charge in [0.05, 0.1) is 19.8 Å². The molecule has 1 aromatic rings. The Hall–Kier alpha value is -0.930. The van der Waals surface area contributed by atoms with Crippen molar-refractivity contribution in [3.63, 3.8) is 0 Å². The fraction of sp³-hybridized carbons (Fsp3) is 0.400. The molecule has 0 N–H and O–H groups in total. The summed E-state index contributed by atoms with van der Waals surface area (Å²) in [7, 11) is 1.62. The molecule has 0 amide bonds. The van der Waals surface area contributed by atoms with Crippen LogP contribution in [0.1, 0.15) is 5.56 Å². The lowest BCUT2D eigenvalue weighted by atomic mass is 10.2. The summed E-state index contributed by atoms with van der Waals surface area (Å²) in [6, 6.07) is 6.38. The predicted octanol–water partition coefficient (Wildman–Crippen LogP) is 1.99. The smallest absolute Gasteiger partial charge is 0.123 e. The van der Waals surface area contributed by atoms with Gasteiger partial charge in [0.15, 0.2) is 0 Å². The molecule has 13 heavy (non-hydrogen) atoms. The van der Waals surface area contributed by atoms with Crippen LogP contribution < -0.4 is 0 Å². The van der Waals surface area contributed by atoms with Crippen molar-refractivity contribution in [3.05, 3.63) is 35.6 Å². The molecule has 0 bridgehead atoms. The summed E-state index contributed by atoms with van der Waals surface area (Å²) in [4.78, 5) is 0. The van der Waals surface area contributed by atoms with Crippen molar-refractivity contribution in [2.45, 2.75) is 6.61 Å². The number of hydrogen-bond donors (Lipinski definition) is 0. The van der Waals surface area contributed by atoms with Crippen molar-refractivity contribution in [1.29, 1.82) is 0 Å². The molecule has 3 heteroatoms. The minimum absolute atomic E-state index is 0.229. The first kappa shape index (κ1) is 10.2. The number of methoxy groups -OCH3 is 1. The quantitative estimate of drug-likeness (QED) is 0.651. The molecule has 1 rings (SSSR count). The first-order chi connectivity index (χ1) is 6.33. The van der Waals surface area contributed by atoms with Crippen LogP contribution in [0.2, 0.25) is 0 Å². The van der Waals surface area contributed by atoms with Gasteiger partial charge in [-0.15, -0.1) is 0 Å². The fourth-order valence-electron chi connectivity index (χ4n) is 0.959. The third-order valence-corrected chi connectivity index (χ3v) is 1.59. The molecule has 0 spiro atoms. The molecule has 0 aliphatic carbocycles. The van der Waals surface area contributed by atoms with E-state index in [1.54, 1.807) is 13.2 Å². The maximum Gasteiger partial charge on any atom is 0.123 e. The molecule has 0 fully saturated rings. The molecule has 0 saturated carbocycles. The van der Waals surface area contributed by atoms with Crippen molar-refractivity contribution in [3.8, 4) is 0 Å². The molecule has 0 heterocycles. The van der Waals surface area contributed by atoms with Crippen LogP contribution in [-0.2, 0) is 16.1 Å². The van der Waals surface area contributed by atoms with Crippen LogP contribution >= 0.6 is 0 Å². The van der Waals surface area contributed by atoms with Gasteiger partial charge in [-0.2, -0.15) is 0 Å². The molecule has 2 nitrogen and oxygen atoms in total. The van der Waals surface area contributed by atoms with E-state index in [0.717, 1.165) is 5.56 Å². The highest BCUT2D eigenvalue weighted by atomic mass is 19.1. The van der Waals surface area contributed by atoms with Crippen LogP contribution in [0.25, 0.3) is 0 Å². The summed E-state index contributed by atoms with van der Waals surface area (Å²) in [6.07, 6.45) is 0. The molecule has 0 aliphatic rings. The van der Waals surface area contributed by atoms with Gasteiger partial charge in [-0.05, 0) is 17.7 Å². The number of benzene rings is 1. The molecular weight excluding hydrogens is 171 g/mol. The van der Waals surface area contributed by atoms with Crippen LogP contribution in [0.15, 0.2) is 24.3 Å². The molecule has 0 unspecified atom stereocenters. The Bertz CT molecular complexity index is 250. The van der Waals surface area contributed by atoms with E-state index in [1.165, 1.54) is 12.1 Å². The zero-order valence-corrected chi connectivity index (χ0v) is 7.63. The first-order valence-corrected chi connectivity index (χ1v) is 4.14. The maximum absolute atomic E-state index is 12.7. The SMILES string of the molecule is COCCOCc1cccc(F)c1. The minimum atomic E-state index is -0.229. The summed E-state index contributed by atoms with van der Waals surface area (Å²) in [5.74, 6) is -0.229. The van der Waals surface area contributed by atoms with Crippen molar-refractivity contribution in [2.75, 3.05) is 20.3 Å². The second kappa shape index (κ2) is 5.67. The van der Waals surface area contributed by atoms with E-state index >= 15 is 0 Å². The van der Waals surface area contributed by atoms with Crippen LogP contribution in [0.4, 0.5) is 4.39 Å². The highest BCUT2D eigenvalue weighted by molar-refractivity contribution is 5.15. The van der Waals surface area contributed by atoms with Crippen molar-refractivity contribution < 1.29 is 13.9 Å². The highest BCUT2D eigenvalue weighted by Crippen LogP contribution is 2.04. The van der Waals surface area contributed by atoms with E-state index in [4.69, 9.17) is 9.47 Å². The molecule has 0 aliphatic heterocycles. The van der Waals surface area contributed by atoms with E-state index < -0.39 is 0 Å². The van der Waals surface area contributed by atoms with Crippen molar-refractivity contribution >= 4 is 0 Å². The van der Waals surface area contributed by atoms with Crippen LogP contribution in [0.5, 0.6) is 0 Å². The highest BCUT2D eigenvalue weighted by Gasteiger charge is 1.94. The number of halogens is 1. The van der Waals surface area contributed by atoms with E-state index in [9.17, 15) is 4.39 Å². The molecule has 0 radical (unpaired) electrons. The third-order valence-electron chi connectivity index (χ3n) is 1.59. The topological polar surface area (TPSA) is 18.5 Å². The predicted molar refractivity (Wildman–Crippen MR) is 47.9 cm³/mol. The van der Waals surface area contributed by atoms with E-state index in [-0.39, 0.29) is 5.82 Å². The Morgan fingerprint density at radius 3 is 2.85 bits per heavy atom. The van der Waals surface area contributed by atoms with Gasteiger partial charge in [0, 0.05) is 7.11 Å². The van der Waals surface area contributed by atoms with Crippen molar-refractivity contribution in [2.24, 2.45) is 0 Å². The second-order valence-electron chi connectivity index (χ2n) is 2.68. The van der Waals surface area contributed by atoms with Gasteiger partial charge in [0.1, 0.15) is 5.82 Å². The normalized spacial score (nSPS) is 10.3. The van der Waals surface area contributed by atoms with E-state index in [2.05, 4.69) is 0 Å². The monoisotopic (exact) mass is 184 g/mol. The largest absolute Gasteiger partial charge is 0.382 e.